The van der Waals surface area contributed by atoms with Crippen LogP contribution in [0.25, 0.3) is 16.6 Å². The molecule has 0 unspecified atom stereocenters. The SMILES string of the molecule is CC1CCN(C(=O)c2ccc3c(c2)c2c(n3-c3cc[c]cc3)CCN(C3CCOCC3)C2)CC1. The summed E-state index contributed by atoms with van der Waals surface area (Å²) in [6, 6.07) is 18.4. The van der Waals surface area contributed by atoms with Gasteiger partial charge in [-0.05, 0) is 73.6 Å². The molecular formula is C29H34N3O2. The van der Waals surface area contributed by atoms with E-state index in [-0.39, 0.29) is 5.91 Å². The molecule has 5 nitrogen and oxygen atoms in total. The van der Waals surface area contributed by atoms with Gasteiger partial charge in [0.25, 0.3) is 5.91 Å². The highest BCUT2D eigenvalue weighted by Crippen LogP contribution is 2.36. The van der Waals surface area contributed by atoms with Crippen molar-refractivity contribution in [3.05, 3.63) is 65.4 Å². The first-order valence-electron chi connectivity index (χ1n) is 12.9. The maximum Gasteiger partial charge on any atom is 0.253 e. The van der Waals surface area contributed by atoms with E-state index in [9.17, 15) is 4.79 Å². The largest absolute Gasteiger partial charge is 0.381 e. The number of rotatable bonds is 3. The third kappa shape index (κ3) is 3.95. The second-order valence-corrected chi connectivity index (χ2v) is 10.3. The lowest BCUT2D eigenvalue weighted by Crippen LogP contribution is -2.42. The van der Waals surface area contributed by atoms with Gasteiger partial charge in [-0.1, -0.05) is 19.1 Å². The zero-order valence-electron chi connectivity index (χ0n) is 20.1. The Morgan fingerprint density at radius 2 is 1.76 bits per heavy atom. The molecule has 2 fully saturated rings. The van der Waals surface area contributed by atoms with Crippen LogP contribution in [0.3, 0.4) is 0 Å². The van der Waals surface area contributed by atoms with Gasteiger partial charge in [0, 0.05) is 74.2 Å². The van der Waals surface area contributed by atoms with Crippen LogP contribution in [0.1, 0.15) is 54.2 Å². The standard InChI is InChI=1S/C29H34N3O2/c1-21-9-14-30(15-10-21)29(33)22-7-8-27-25(19-22)26-20-31(23-12-17-34-18-13-23)16-11-28(26)32(27)24-5-3-2-4-6-24/h3-8,19,21,23H,9-18,20H2,1H3. The van der Waals surface area contributed by atoms with Gasteiger partial charge in [-0.3, -0.25) is 9.69 Å². The molecule has 34 heavy (non-hydrogen) atoms. The van der Waals surface area contributed by atoms with Gasteiger partial charge in [-0.2, -0.15) is 0 Å². The average molecular weight is 457 g/mol. The van der Waals surface area contributed by atoms with Crippen LogP contribution in [0.5, 0.6) is 0 Å². The van der Waals surface area contributed by atoms with Gasteiger partial charge in [-0.25, -0.2) is 0 Å². The Balaban J connectivity index is 1.41. The number of hydrogen-bond donors (Lipinski definition) is 0. The van der Waals surface area contributed by atoms with Crippen molar-refractivity contribution in [2.24, 2.45) is 5.92 Å². The fourth-order valence-electron chi connectivity index (χ4n) is 6.09. The predicted molar refractivity (Wildman–Crippen MR) is 134 cm³/mol. The van der Waals surface area contributed by atoms with Crippen molar-refractivity contribution in [2.45, 2.75) is 51.6 Å². The molecule has 5 heteroatoms. The van der Waals surface area contributed by atoms with E-state index in [0.29, 0.717) is 12.0 Å². The van der Waals surface area contributed by atoms with Crippen LogP contribution in [0.4, 0.5) is 0 Å². The quantitative estimate of drug-likeness (QED) is 0.566. The summed E-state index contributed by atoms with van der Waals surface area (Å²) in [7, 11) is 0. The van der Waals surface area contributed by atoms with Crippen molar-refractivity contribution < 1.29 is 9.53 Å². The minimum Gasteiger partial charge on any atom is -0.381 e. The van der Waals surface area contributed by atoms with Crippen LogP contribution in [-0.2, 0) is 17.7 Å². The maximum atomic E-state index is 13.4. The monoisotopic (exact) mass is 456 g/mol. The predicted octanol–water partition coefficient (Wildman–Crippen LogP) is 4.84. The van der Waals surface area contributed by atoms with Crippen LogP contribution >= 0.6 is 0 Å². The van der Waals surface area contributed by atoms with Crippen molar-refractivity contribution in [3.63, 3.8) is 0 Å². The number of nitrogens with zero attached hydrogens (tertiary/aromatic N) is 3. The molecule has 1 aromatic heterocycles. The molecule has 3 aromatic rings. The van der Waals surface area contributed by atoms with Crippen molar-refractivity contribution in [3.8, 4) is 5.69 Å². The van der Waals surface area contributed by atoms with E-state index < -0.39 is 0 Å². The van der Waals surface area contributed by atoms with E-state index in [2.05, 4.69) is 46.7 Å². The number of fused-ring (bicyclic) bond motifs is 3. The number of benzene rings is 2. The van der Waals surface area contributed by atoms with Gasteiger partial charge >= 0.3 is 0 Å². The molecule has 1 radical (unpaired) electrons. The van der Waals surface area contributed by atoms with E-state index in [1.54, 1.807) is 0 Å². The summed E-state index contributed by atoms with van der Waals surface area (Å²) >= 11 is 0. The molecular weight excluding hydrogens is 422 g/mol. The number of piperidine rings is 1. The number of amides is 1. The summed E-state index contributed by atoms with van der Waals surface area (Å²) in [6.45, 7) is 7.78. The highest BCUT2D eigenvalue weighted by Gasteiger charge is 2.30. The van der Waals surface area contributed by atoms with E-state index in [1.807, 2.05) is 23.1 Å². The molecule has 0 atom stereocenters. The second-order valence-electron chi connectivity index (χ2n) is 10.3. The Morgan fingerprint density at radius 1 is 1.00 bits per heavy atom. The van der Waals surface area contributed by atoms with Crippen molar-refractivity contribution in [2.75, 3.05) is 32.8 Å². The lowest BCUT2D eigenvalue weighted by Gasteiger charge is -2.37. The van der Waals surface area contributed by atoms with E-state index in [1.165, 1.54) is 27.8 Å². The highest BCUT2D eigenvalue weighted by atomic mass is 16.5. The Hall–Kier alpha value is -2.63. The Labute approximate surface area is 202 Å². The van der Waals surface area contributed by atoms with E-state index >= 15 is 0 Å². The third-order valence-electron chi connectivity index (χ3n) is 8.16. The summed E-state index contributed by atoms with van der Waals surface area (Å²) in [5.74, 6) is 0.897. The van der Waals surface area contributed by atoms with E-state index in [4.69, 9.17) is 4.74 Å². The molecule has 3 aliphatic heterocycles. The minimum atomic E-state index is 0.182. The molecule has 2 saturated heterocycles. The number of hydrogen-bond acceptors (Lipinski definition) is 3. The van der Waals surface area contributed by atoms with Gasteiger partial charge in [0.15, 0.2) is 0 Å². The first kappa shape index (κ1) is 21.9. The molecule has 0 aliphatic carbocycles. The van der Waals surface area contributed by atoms with Gasteiger partial charge in [0.05, 0.1) is 5.52 Å². The van der Waals surface area contributed by atoms with Crippen LogP contribution in [0.2, 0.25) is 0 Å². The summed E-state index contributed by atoms with van der Waals surface area (Å²) in [5.41, 5.74) is 5.98. The maximum absolute atomic E-state index is 13.4. The topological polar surface area (TPSA) is 37.7 Å². The second kappa shape index (κ2) is 9.20. The molecule has 177 valence electrons. The fourth-order valence-corrected chi connectivity index (χ4v) is 6.09. The molecule has 0 N–H and O–H groups in total. The van der Waals surface area contributed by atoms with Crippen LogP contribution in [-0.4, -0.2) is 59.2 Å². The van der Waals surface area contributed by atoms with Gasteiger partial charge in [-0.15, -0.1) is 0 Å². The lowest BCUT2D eigenvalue weighted by molar-refractivity contribution is 0.0290. The van der Waals surface area contributed by atoms with Crippen LogP contribution < -0.4 is 0 Å². The zero-order chi connectivity index (χ0) is 23.1. The molecule has 1 amide bonds. The lowest BCUT2D eigenvalue weighted by atomic mass is 9.97. The Kier molecular flexibility index (Phi) is 5.92. The number of carbonyl (C=O) groups is 1. The summed E-state index contributed by atoms with van der Waals surface area (Å²) in [5, 5.41) is 1.23. The molecule has 4 heterocycles. The first-order chi connectivity index (χ1) is 16.7. The smallest absolute Gasteiger partial charge is 0.253 e. The fraction of sp³-hybridized carbons (Fsp3) is 0.483. The average Bonchev–Trinajstić information content (AvgIpc) is 3.22. The van der Waals surface area contributed by atoms with Crippen molar-refractivity contribution in [1.29, 1.82) is 0 Å². The highest BCUT2D eigenvalue weighted by molar-refractivity contribution is 5.99. The first-order valence-corrected chi connectivity index (χ1v) is 12.9. The molecule has 6 rings (SSSR count). The zero-order valence-corrected chi connectivity index (χ0v) is 20.1. The van der Waals surface area contributed by atoms with Gasteiger partial charge < -0.3 is 14.2 Å². The number of aromatic nitrogens is 1. The Bertz CT molecular complexity index is 1170. The number of likely N-dealkylation sites (tertiary alicyclic amines) is 1. The molecule has 2 aromatic carbocycles. The number of ether oxygens (including phenoxy) is 1. The van der Waals surface area contributed by atoms with Crippen molar-refractivity contribution >= 4 is 16.8 Å². The third-order valence-corrected chi connectivity index (χ3v) is 8.16. The molecule has 0 bridgehead atoms. The summed E-state index contributed by atoms with van der Waals surface area (Å²) in [4.78, 5) is 18.1. The Morgan fingerprint density at radius 3 is 2.53 bits per heavy atom. The molecule has 3 aliphatic rings. The van der Waals surface area contributed by atoms with Gasteiger partial charge in [0.1, 0.15) is 0 Å². The molecule has 0 spiro atoms. The van der Waals surface area contributed by atoms with Crippen LogP contribution in [0.15, 0.2) is 42.5 Å². The normalized spacial score (nSPS) is 20.6. The molecule has 0 saturated carbocycles. The summed E-state index contributed by atoms with van der Waals surface area (Å²) in [6.07, 6.45) is 5.45. The summed E-state index contributed by atoms with van der Waals surface area (Å²) < 4.78 is 8.04. The van der Waals surface area contributed by atoms with Crippen LogP contribution in [0, 0.1) is 12.0 Å². The van der Waals surface area contributed by atoms with Gasteiger partial charge in [0.2, 0.25) is 0 Å². The van der Waals surface area contributed by atoms with Crippen molar-refractivity contribution in [1.82, 2.24) is 14.4 Å². The van der Waals surface area contributed by atoms with E-state index in [0.717, 1.165) is 77.1 Å². The minimum absolute atomic E-state index is 0.182. The number of carbonyl (C=O) groups excluding carboxylic acids is 1.